The molecule has 0 aromatic carbocycles. The number of rotatable bonds is 5. The van der Waals surface area contributed by atoms with Crippen molar-refractivity contribution in [3.63, 3.8) is 0 Å². The van der Waals surface area contributed by atoms with Gasteiger partial charge >= 0.3 is 0 Å². The maximum absolute atomic E-state index is 9.34. The van der Waals surface area contributed by atoms with Gasteiger partial charge in [-0.2, -0.15) is 5.26 Å². The van der Waals surface area contributed by atoms with E-state index in [2.05, 4.69) is 57.7 Å². The van der Waals surface area contributed by atoms with Crippen LogP contribution in [0.15, 0.2) is 12.3 Å². The lowest BCUT2D eigenvalue weighted by Crippen LogP contribution is -2.01. The zero-order valence-corrected chi connectivity index (χ0v) is 14.9. The van der Waals surface area contributed by atoms with Crippen LogP contribution in [0.4, 0.5) is 0 Å². The van der Waals surface area contributed by atoms with Gasteiger partial charge in [-0.3, -0.25) is 0 Å². The average molecular weight is 398 g/mol. The highest BCUT2D eigenvalue weighted by Gasteiger charge is 2.57. The van der Waals surface area contributed by atoms with Gasteiger partial charge in [-0.25, -0.2) is 0 Å². The lowest BCUT2D eigenvalue weighted by molar-refractivity contribution is 0.529. The van der Waals surface area contributed by atoms with Gasteiger partial charge in [0, 0.05) is 6.20 Å². The van der Waals surface area contributed by atoms with Crippen LogP contribution in [0.5, 0.6) is 0 Å². The zero-order chi connectivity index (χ0) is 14.9. The van der Waals surface area contributed by atoms with Gasteiger partial charge in [0.25, 0.3) is 0 Å². The lowest BCUT2D eigenvalue weighted by atomic mass is 10.0. The van der Waals surface area contributed by atoms with Crippen molar-refractivity contribution in [1.82, 2.24) is 4.57 Å². The third-order valence-electron chi connectivity index (χ3n) is 4.57. The van der Waals surface area contributed by atoms with Crippen LogP contribution in [0.3, 0.4) is 0 Å². The maximum atomic E-state index is 9.34. The van der Waals surface area contributed by atoms with Gasteiger partial charge < -0.3 is 4.57 Å². The summed E-state index contributed by atoms with van der Waals surface area (Å²) in [5, 5.41) is 9.34. The molecule has 0 spiro atoms. The minimum Gasteiger partial charge on any atom is -0.328 e. The Morgan fingerprint density at radius 3 is 2.70 bits per heavy atom. The molecule has 0 saturated heterocycles. The molecule has 1 saturated carbocycles. The Bertz CT molecular complexity index is 572. The number of hydrogen-bond acceptors (Lipinski definition) is 1. The molecule has 0 bridgehead atoms. The van der Waals surface area contributed by atoms with Crippen LogP contribution in [-0.4, -0.2) is 8.30 Å². The fraction of sp³-hybridized carbons (Fsp3) is 0.562. The van der Waals surface area contributed by atoms with E-state index in [9.17, 15) is 5.26 Å². The molecule has 0 amide bonds. The van der Waals surface area contributed by atoms with E-state index in [1.54, 1.807) is 0 Å². The normalized spacial score (nSPS) is 23.4. The molecular weight excluding hydrogens is 380 g/mol. The molecule has 106 valence electrons. The number of hydrogen-bond donors (Lipinski definition) is 0. The van der Waals surface area contributed by atoms with Crippen LogP contribution in [0.2, 0.25) is 0 Å². The molecule has 1 aliphatic carbocycles. The molecule has 0 N–H and O–H groups in total. The van der Waals surface area contributed by atoms with E-state index in [-0.39, 0.29) is 0 Å². The standard InChI is InChI=1S/C16H18Br2N2/c1-4-6-20-7-5-11(14(20)10-19)8-12-13(9-15(17)18)16(12,2)3/h1,5,7,12-13,15H,6,8-9H2,2-3H3/t12-,13+/m1/s1. The number of aromatic nitrogens is 1. The van der Waals surface area contributed by atoms with Gasteiger partial charge in [0.1, 0.15) is 11.8 Å². The topological polar surface area (TPSA) is 28.7 Å². The van der Waals surface area contributed by atoms with Crippen molar-refractivity contribution < 1.29 is 0 Å². The van der Waals surface area contributed by atoms with Crippen LogP contribution in [0, 0.1) is 40.9 Å². The molecule has 1 aromatic heterocycles. The second-order valence-corrected chi connectivity index (χ2v) is 9.44. The first kappa shape index (κ1) is 15.7. The van der Waals surface area contributed by atoms with E-state index in [1.165, 1.54) is 0 Å². The SMILES string of the molecule is C#CCn1ccc(C[C@@H]2[C@H](CC(Br)Br)C2(C)C)c1C#N. The number of halogens is 2. The molecule has 1 heterocycles. The molecule has 1 aromatic rings. The highest BCUT2D eigenvalue weighted by molar-refractivity contribution is 9.24. The van der Waals surface area contributed by atoms with E-state index in [0.29, 0.717) is 27.5 Å². The quantitative estimate of drug-likeness (QED) is 0.537. The first-order valence-corrected chi connectivity index (χ1v) is 8.54. The predicted molar refractivity (Wildman–Crippen MR) is 88.7 cm³/mol. The summed E-state index contributed by atoms with van der Waals surface area (Å²) in [5.41, 5.74) is 2.20. The van der Waals surface area contributed by atoms with E-state index >= 15 is 0 Å². The monoisotopic (exact) mass is 396 g/mol. The molecule has 2 atom stereocenters. The summed E-state index contributed by atoms with van der Waals surface area (Å²) < 4.78 is 2.23. The highest BCUT2D eigenvalue weighted by Crippen LogP contribution is 2.62. The van der Waals surface area contributed by atoms with Gasteiger partial charge in [-0.15, -0.1) is 6.42 Å². The summed E-state index contributed by atoms with van der Waals surface area (Å²) in [5.74, 6) is 3.91. The molecular formula is C16H18Br2N2. The summed E-state index contributed by atoms with van der Waals surface area (Å²) in [6, 6.07) is 4.34. The van der Waals surface area contributed by atoms with E-state index in [1.807, 2.05) is 16.8 Å². The van der Waals surface area contributed by atoms with Crippen molar-refractivity contribution in [2.45, 2.75) is 37.0 Å². The minimum absolute atomic E-state index is 0.348. The third-order valence-corrected chi connectivity index (χ3v) is 5.32. The number of nitrogens with zero attached hydrogens (tertiary/aromatic N) is 2. The molecule has 4 heteroatoms. The average Bonchev–Trinajstić information content (AvgIpc) is 2.73. The summed E-state index contributed by atoms with van der Waals surface area (Å²) in [7, 11) is 0. The molecule has 20 heavy (non-hydrogen) atoms. The Labute approximate surface area is 137 Å². The van der Waals surface area contributed by atoms with Gasteiger partial charge in [0.05, 0.1) is 10.3 Å². The Morgan fingerprint density at radius 1 is 1.45 bits per heavy atom. The lowest BCUT2D eigenvalue weighted by Gasteiger charge is -2.03. The van der Waals surface area contributed by atoms with E-state index in [0.717, 1.165) is 24.1 Å². The molecule has 0 unspecified atom stereocenters. The number of terminal acetylenes is 1. The second-order valence-electron chi connectivity index (χ2n) is 6.00. The molecule has 2 nitrogen and oxygen atoms in total. The Balaban J connectivity index is 2.12. The fourth-order valence-electron chi connectivity index (χ4n) is 3.21. The molecule has 0 aliphatic heterocycles. The summed E-state index contributed by atoms with van der Waals surface area (Å²) in [4.78, 5) is 0. The molecule has 0 radical (unpaired) electrons. The summed E-state index contributed by atoms with van der Waals surface area (Å²) in [6.07, 6.45) is 9.34. The van der Waals surface area contributed by atoms with Crippen LogP contribution < -0.4 is 0 Å². The Kier molecular flexibility index (Phi) is 4.67. The zero-order valence-electron chi connectivity index (χ0n) is 11.7. The van der Waals surface area contributed by atoms with Gasteiger partial charge in [0.2, 0.25) is 0 Å². The molecule has 2 rings (SSSR count). The van der Waals surface area contributed by atoms with Crippen LogP contribution in [0.1, 0.15) is 31.5 Å². The van der Waals surface area contributed by atoms with Crippen LogP contribution in [0.25, 0.3) is 0 Å². The van der Waals surface area contributed by atoms with Crippen molar-refractivity contribution in [3.05, 3.63) is 23.5 Å². The van der Waals surface area contributed by atoms with Gasteiger partial charge in [-0.05, 0) is 41.7 Å². The predicted octanol–water partition coefficient (Wildman–Crippen LogP) is 4.31. The summed E-state index contributed by atoms with van der Waals surface area (Å²) >= 11 is 7.14. The number of nitriles is 1. The maximum Gasteiger partial charge on any atom is 0.124 e. The van der Waals surface area contributed by atoms with E-state index < -0.39 is 0 Å². The van der Waals surface area contributed by atoms with Gasteiger partial charge in [0.15, 0.2) is 0 Å². The number of alkyl halides is 2. The van der Waals surface area contributed by atoms with Crippen LogP contribution >= 0.6 is 31.9 Å². The van der Waals surface area contributed by atoms with Crippen molar-refractivity contribution in [3.8, 4) is 18.4 Å². The Morgan fingerprint density at radius 2 is 2.15 bits per heavy atom. The fourth-order valence-corrected chi connectivity index (χ4v) is 4.01. The van der Waals surface area contributed by atoms with Crippen molar-refractivity contribution in [2.24, 2.45) is 17.3 Å². The van der Waals surface area contributed by atoms with Crippen LogP contribution in [-0.2, 0) is 13.0 Å². The van der Waals surface area contributed by atoms with Gasteiger partial charge in [-0.1, -0.05) is 51.6 Å². The Hall–Kier alpha value is -0.710. The van der Waals surface area contributed by atoms with Crippen molar-refractivity contribution in [1.29, 1.82) is 5.26 Å². The largest absolute Gasteiger partial charge is 0.328 e. The summed E-state index contributed by atoms with van der Waals surface area (Å²) in [6.45, 7) is 5.09. The van der Waals surface area contributed by atoms with Crippen molar-refractivity contribution in [2.75, 3.05) is 0 Å². The third kappa shape index (κ3) is 2.97. The molecule has 1 fully saturated rings. The highest BCUT2D eigenvalue weighted by atomic mass is 79.9. The minimum atomic E-state index is 0.348. The van der Waals surface area contributed by atoms with Crippen molar-refractivity contribution >= 4 is 31.9 Å². The first-order chi connectivity index (χ1) is 9.41. The molecule has 1 aliphatic rings. The van der Waals surface area contributed by atoms with E-state index in [4.69, 9.17) is 6.42 Å². The second kappa shape index (κ2) is 5.96. The smallest absolute Gasteiger partial charge is 0.124 e. The first-order valence-electron chi connectivity index (χ1n) is 6.71.